The first-order valence-corrected chi connectivity index (χ1v) is 13.3. The van der Waals surface area contributed by atoms with E-state index in [1.807, 2.05) is 6.92 Å². The van der Waals surface area contributed by atoms with Crippen molar-refractivity contribution in [2.75, 3.05) is 45.6 Å². The van der Waals surface area contributed by atoms with Crippen LogP contribution >= 0.6 is 0 Å². The summed E-state index contributed by atoms with van der Waals surface area (Å²) in [5.41, 5.74) is 0.923. The molecule has 0 unspecified atom stereocenters. The van der Waals surface area contributed by atoms with Crippen molar-refractivity contribution in [1.82, 2.24) is 13.5 Å². The molecule has 2 heterocycles. The van der Waals surface area contributed by atoms with E-state index in [0.29, 0.717) is 12.8 Å². The molecule has 10 nitrogen and oxygen atoms in total. The second kappa shape index (κ2) is 9.23. The molecule has 172 valence electrons. The third-order valence-electron chi connectivity index (χ3n) is 5.50. The predicted molar refractivity (Wildman–Crippen MR) is 112 cm³/mol. The van der Waals surface area contributed by atoms with E-state index in [0.717, 1.165) is 16.1 Å². The van der Waals surface area contributed by atoms with Gasteiger partial charge in [-0.15, -0.1) is 0 Å². The number of esters is 1. The maximum atomic E-state index is 12.9. The van der Waals surface area contributed by atoms with Gasteiger partial charge in [-0.05, 0) is 31.9 Å². The van der Waals surface area contributed by atoms with Crippen LogP contribution in [0, 0.1) is 6.92 Å². The van der Waals surface area contributed by atoms with Crippen LogP contribution in [-0.4, -0.2) is 93.9 Å². The highest BCUT2D eigenvalue weighted by Gasteiger charge is 2.40. The molecule has 2 fully saturated rings. The third-order valence-corrected chi connectivity index (χ3v) is 8.73. The van der Waals surface area contributed by atoms with Gasteiger partial charge in [0.1, 0.15) is 6.04 Å². The Morgan fingerprint density at radius 3 is 2.19 bits per heavy atom. The van der Waals surface area contributed by atoms with Gasteiger partial charge in [0.05, 0.1) is 11.2 Å². The topological polar surface area (TPSA) is 121 Å². The number of hydrogen-bond donors (Lipinski definition) is 0. The number of amides is 1. The summed E-state index contributed by atoms with van der Waals surface area (Å²) in [7, 11) is -7.16. The summed E-state index contributed by atoms with van der Waals surface area (Å²) < 4.78 is 56.6. The van der Waals surface area contributed by atoms with Gasteiger partial charge in [-0.3, -0.25) is 9.59 Å². The molecule has 3 rings (SSSR count). The average molecular weight is 474 g/mol. The van der Waals surface area contributed by atoms with Crippen LogP contribution < -0.4 is 0 Å². The minimum absolute atomic E-state index is 0.109. The lowest BCUT2D eigenvalue weighted by Gasteiger charge is -2.33. The van der Waals surface area contributed by atoms with Crippen LogP contribution in [0.15, 0.2) is 29.2 Å². The Morgan fingerprint density at radius 1 is 1.00 bits per heavy atom. The number of rotatable bonds is 6. The zero-order valence-corrected chi connectivity index (χ0v) is 19.2. The van der Waals surface area contributed by atoms with Gasteiger partial charge in [0.2, 0.25) is 20.0 Å². The zero-order valence-electron chi connectivity index (χ0n) is 17.6. The number of benzene rings is 1. The van der Waals surface area contributed by atoms with Crippen molar-refractivity contribution in [3.63, 3.8) is 0 Å². The number of sulfonamides is 2. The van der Waals surface area contributed by atoms with Gasteiger partial charge in [-0.25, -0.2) is 16.8 Å². The van der Waals surface area contributed by atoms with E-state index in [9.17, 15) is 26.4 Å². The summed E-state index contributed by atoms with van der Waals surface area (Å²) in [5.74, 6) is -1.19. The predicted octanol–water partition coefficient (Wildman–Crippen LogP) is -0.205. The maximum Gasteiger partial charge on any atom is 0.324 e. The highest BCUT2D eigenvalue weighted by Crippen LogP contribution is 2.27. The Morgan fingerprint density at radius 2 is 1.61 bits per heavy atom. The highest BCUT2D eigenvalue weighted by atomic mass is 32.2. The fourth-order valence-corrected chi connectivity index (χ4v) is 6.17. The molecule has 0 radical (unpaired) electrons. The van der Waals surface area contributed by atoms with Crippen LogP contribution in [-0.2, 0) is 34.4 Å². The SMILES string of the molecule is Cc1ccc(S(=O)(=O)N2CCC[C@H]2C(=O)OCC(=O)N2CCN(S(C)(=O)=O)CC2)cc1. The van der Waals surface area contributed by atoms with E-state index >= 15 is 0 Å². The Labute approximate surface area is 182 Å². The average Bonchev–Trinajstić information content (AvgIpc) is 3.22. The molecule has 1 aromatic rings. The fraction of sp³-hybridized carbons (Fsp3) is 0.579. The molecule has 0 N–H and O–H groups in total. The van der Waals surface area contributed by atoms with E-state index in [1.165, 1.54) is 21.3 Å². The third kappa shape index (κ3) is 5.43. The van der Waals surface area contributed by atoms with Crippen LogP contribution in [0.1, 0.15) is 18.4 Å². The number of hydrogen-bond acceptors (Lipinski definition) is 7. The molecule has 0 saturated carbocycles. The second-order valence-corrected chi connectivity index (χ2v) is 11.6. The van der Waals surface area contributed by atoms with Crippen molar-refractivity contribution in [1.29, 1.82) is 0 Å². The van der Waals surface area contributed by atoms with E-state index < -0.39 is 44.6 Å². The normalized spacial score (nSPS) is 21.2. The summed E-state index contributed by atoms with van der Waals surface area (Å²) >= 11 is 0. The highest BCUT2D eigenvalue weighted by molar-refractivity contribution is 7.89. The molecule has 1 aromatic carbocycles. The van der Waals surface area contributed by atoms with Gasteiger partial charge in [0, 0.05) is 32.7 Å². The molecule has 31 heavy (non-hydrogen) atoms. The minimum atomic E-state index is -3.85. The molecule has 0 spiro atoms. The first-order valence-electron chi connectivity index (χ1n) is 9.98. The standard InChI is InChI=1S/C19H27N3O7S2/c1-15-5-7-16(8-6-15)31(27,28)22-9-3-4-17(22)19(24)29-14-18(23)20-10-12-21(13-11-20)30(2,25)26/h5-8,17H,3-4,9-14H2,1-2H3/t17-/m0/s1. The van der Waals surface area contributed by atoms with Crippen molar-refractivity contribution in [3.05, 3.63) is 29.8 Å². The maximum absolute atomic E-state index is 12.9. The molecule has 0 aliphatic carbocycles. The lowest BCUT2D eigenvalue weighted by atomic mass is 10.2. The number of aryl methyl sites for hydroxylation is 1. The molecular formula is C19H27N3O7S2. The number of nitrogens with zero attached hydrogens (tertiary/aromatic N) is 3. The van der Waals surface area contributed by atoms with Crippen LogP contribution in [0.3, 0.4) is 0 Å². The fourth-order valence-electron chi connectivity index (χ4n) is 3.70. The first-order chi connectivity index (χ1) is 14.5. The van der Waals surface area contributed by atoms with E-state index in [-0.39, 0.29) is 37.6 Å². The molecule has 1 amide bonds. The van der Waals surface area contributed by atoms with Gasteiger partial charge in [0.15, 0.2) is 6.61 Å². The van der Waals surface area contributed by atoms with Crippen LogP contribution in [0.2, 0.25) is 0 Å². The van der Waals surface area contributed by atoms with Crippen molar-refractivity contribution >= 4 is 31.9 Å². The van der Waals surface area contributed by atoms with Gasteiger partial charge in [-0.1, -0.05) is 17.7 Å². The van der Waals surface area contributed by atoms with Crippen molar-refractivity contribution in [2.24, 2.45) is 0 Å². The summed E-state index contributed by atoms with van der Waals surface area (Å²) in [6, 6.07) is 5.42. The smallest absolute Gasteiger partial charge is 0.324 e. The Kier molecular flexibility index (Phi) is 7.04. The minimum Gasteiger partial charge on any atom is -0.454 e. The molecule has 2 aliphatic rings. The molecular weight excluding hydrogens is 446 g/mol. The number of carbonyl (C=O) groups excluding carboxylic acids is 2. The lowest BCUT2D eigenvalue weighted by molar-refractivity contribution is -0.155. The van der Waals surface area contributed by atoms with E-state index in [2.05, 4.69) is 0 Å². The Bertz CT molecular complexity index is 1030. The largest absolute Gasteiger partial charge is 0.454 e. The summed E-state index contributed by atoms with van der Waals surface area (Å²) in [6.07, 6.45) is 1.96. The summed E-state index contributed by atoms with van der Waals surface area (Å²) in [5, 5.41) is 0. The van der Waals surface area contributed by atoms with Crippen LogP contribution in [0.25, 0.3) is 0 Å². The molecule has 0 aromatic heterocycles. The Balaban J connectivity index is 1.57. The van der Waals surface area contributed by atoms with E-state index in [4.69, 9.17) is 4.74 Å². The van der Waals surface area contributed by atoms with Crippen molar-refractivity contribution in [2.45, 2.75) is 30.7 Å². The quantitative estimate of drug-likeness (QED) is 0.524. The summed E-state index contributed by atoms with van der Waals surface area (Å²) in [6.45, 7) is 2.34. The van der Waals surface area contributed by atoms with Gasteiger partial charge < -0.3 is 9.64 Å². The van der Waals surface area contributed by atoms with Crippen molar-refractivity contribution < 1.29 is 31.2 Å². The molecule has 12 heteroatoms. The number of piperazine rings is 1. The van der Waals surface area contributed by atoms with Crippen molar-refractivity contribution in [3.8, 4) is 0 Å². The molecule has 0 bridgehead atoms. The molecule has 1 atom stereocenters. The summed E-state index contributed by atoms with van der Waals surface area (Å²) in [4.78, 5) is 26.5. The number of ether oxygens (including phenoxy) is 1. The van der Waals surface area contributed by atoms with Gasteiger partial charge in [0.25, 0.3) is 5.91 Å². The molecule has 2 saturated heterocycles. The van der Waals surface area contributed by atoms with E-state index in [1.54, 1.807) is 12.1 Å². The zero-order chi connectivity index (χ0) is 22.8. The second-order valence-electron chi connectivity index (χ2n) is 7.74. The lowest BCUT2D eigenvalue weighted by Crippen LogP contribution is -2.51. The molecule has 2 aliphatic heterocycles. The monoisotopic (exact) mass is 473 g/mol. The first kappa shape index (κ1) is 23.6. The van der Waals surface area contributed by atoms with Crippen LogP contribution in [0.4, 0.5) is 0 Å². The number of carbonyl (C=O) groups is 2. The Hall–Kier alpha value is -2.02. The van der Waals surface area contributed by atoms with Gasteiger partial charge >= 0.3 is 5.97 Å². The van der Waals surface area contributed by atoms with Gasteiger partial charge in [-0.2, -0.15) is 8.61 Å². The van der Waals surface area contributed by atoms with Crippen LogP contribution in [0.5, 0.6) is 0 Å².